The molecular weight excluding hydrogens is 398 g/mol. The lowest BCUT2D eigenvalue weighted by Crippen LogP contribution is -2.62. The highest BCUT2D eigenvalue weighted by atomic mass is 32.3. The molecule has 1 aliphatic heterocycles. The molecule has 0 amide bonds. The van der Waals surface area contributed by atoms with Crippen molar-refractivity contribution < 1.29 is 52.9 Å². The number of hydrogen-bond acceptors (Lipinski definition) is 9. The molecule has 1 heterocycles. The quantitative estimate of drug-likeness (QED) is 0.212. The Balaban J connectivity index is 3.10. The van der Waals surface area contributed by atoms with Crippen LogP contribution in [-0.2, 0) is 45.2 Å². The van der Waals surface area contributed by atoms with Crippen LogP contribution in [0.5, 0.6) is 0 Å². The molecule has 0 aromatic carbocycles. The second kappa shape index (κ2) is 8.41. The molecule has 0 aromatic rings. The van der Waals surface area contributed by atoms with E-state index in [1.165, 1.54) is 6.92 Å². The molecule has 24 heavy (non-hydrogen) atoms. The Morgan fingerprint density at radius 1 is 1.21 bits per heavy atom. The molecule has 0 saturated carbocycles. The second-order valence-electron chi connectivity index (χ2n) is 4.73. The SMILES string of the molecule is CC[C@@H]1C(COS(=O)(=O)O)O[C@@H](O)C(NS(=O)O)[C@@H]1OS(=O)(=O)O. The largest absolute Gasteiger partial charge is 0.397 e. The van der Waals surface area contributed by atoms with Gasteiger partial charge in [0.2, 0.25) is 11.3 Å². The van der Waals surface area contributed by atoms with E-state index in [0.717, 1.165) is 0 Å². The summed E-state index contributed by atoms with van der Waals surface area (Å²) in [5.41, 5.74) is 0. The molecule has 3 unspecified atom stereocenters. The third-order valence-electron chi connectivity index (χ3n) is 3.20. The average Bonchev–Trinajstić information content (AvgIpc) is 2.37. The molecule has 1 aliphatic rings. The molecule has 5 N–H and O–H groups in total. The summed E-state index contributed by atoms with van der Waals surface area (Å²) in [6.45, 7) is 0.716. The van der Waals surface area contributed by atoms with E-state index in [1.807, 2.05) is 4.72 Å². The van der Waals surface area contributed by atoms with E-state index >= 15 is 0 Å². The van der Waals surface area contributed by atoms with Crippen LogP contribution in [0.1, 0.15) is 13.3 Å². The first kappa shape index (κ1) is 21.8. The lowest BCUT2D eigenvalue weighted by Gasteiger charge is -2.43. The van der Waals surface area contributed by atoms with Crippen LogP contribution in [0.4, 0.5) is 0 Å². The molecule has 0 spiro atoms. The summed E-state index contributed by atoms with van der Waals surface area (Å²) in [6, 6.07) is -1.55. The second-order valence-corrected chi connectivity index (χ2v) is 7.60. The first-order valence-corrected chi connectivity index (χ1v) is 10.2. The Morgan fingerprint density at radius 3 is 2.21 bits per heavy atom. The zero-order chi connectivity index (χ0) is 18.7. The van der Waals surface area contributed by atoms with Crippen molar-refractivity contribution >= 4 is 32.1 Å². The number of hydrogen-bond donors (Lipinski definition) is 5. The molecule has 0 radical (unpaired) electrons. The van der Waals surface area contributed by atoms with Crippen LogP contribution in [0.15, 0.2) is 0 Å². The molecule has 144 valence electrons. The Kier molecular flexibility index (Phi) is 7.63. The normalized spacial score (nSPS) is 33.3. The monoisotopic (exact) mass is 415 g/mol. The number of rotatable bonds is 8. The molecule has 16 heteroatoms. The smallest absolute Gasteiger partial charge is 0.366 e. The standard InChI is InChI=1S/C8H17NO12S3/c1-2-4-5(3-19-23(13,14)15)20-8(10)6(9-22(11)12)7(4)21-24(16,17)18/h4-10H,2-3H2,1H3,(H,11,12)(H,13,14,15)(H,16,17,18)/t4-,5?,6?,7-,8-/m1/s1. The molecule has 1 saturated heterocycles. The summed E-state index contributed by atoms with van der Waals surface area (Å²) in [7, 11) is -9.85. The molecule has 1 rings (SSSR count). The summed E-state index contributed by atoms with van der Waals surface area (Å²) < 4.78 is 96.0. The summed E-state index contributed by atoms with van der Waals surface area (Å²) >= 11 is -2.69. The minimum Gasteiger partial charge on any atom is -0.366 e. The van der Waals surface area contributed by atoms with E-state index in [2.05, 4.69) is 8.37 Å². The van der Waals surface area contributed by atoms with Gasteiger partial charge in [0.25, 0.3) is 0 Å². The van der Waals surface area contributed by atoms with E-state index in [9.17, 15) is 26.2 Å². The summed E-state index contributed by atoms with van der Waals surface area (Å²) in [6.07, 6.45) is -4.71. The topological polar surface area (TPSA) is 206 Å². The van der Waals surface area contributed by atoms with Crippen LogP contribution < -0.4 is 4.72 Å². The average molecular weight is 415 g/mol. The van der Waals surface area contributed by atoms with Gasteiger partial charge < -0.3 is 9.84 Å². The van der Waals surface area contributed by atoms with Gasteiger partial charge in [-0.25, -0.2) is 17.3 Å². The van der Waals surface area contributed by atoms with Crippen molar-refractivity contribution in [3.05, 3.63) is 0 Å². The van der Waals surface area contributed by atoms with E-state index in [1.54, 1.807) is 0 Å². The van der Waals surface area contributed by atoms with Gasteiger partial charge in [-0.3, -0.25) is 13.7 Å². The maximum atomic E-state index is 11.0. The number of aliphatic hydroxyl groups is 1. The molecule has 0 aliphatic carbocycles. The number of ether oxygens (including phenoxy) is 1. The highest BCUT2D eigenvalue weighted by Crippen LogP contribution is 2.31. The van der Waals surface area contributed by atoms with Gasteiger partial charge in [0.05, 0.1) is 12.7 Å². The van der Waals surface area contributed by atoms with Crippen molar-refractivity contribution in [3.8, 4) is 0 Å². The Bertz CT molecular complexity index is 647. The van der Waals surface area contributed by atoms with Crippen molar-refractivity contribution in [1.82, 2.24) is 4.72 Å². The fraction of sp³-hybridized carbons (Fsp3) is 1.00. The Labute approximate surface area is 140 Å². The first-order valence-electron chi connectivity index (χ1n) is 6.32. The van der Waals surface area contributed by atoms with Gasteiger partial charge in [-0.15, -0.1) is 0 Å². The molecular formula is C8H17NO12S3. The van der Waals surface area contributed by atoms with Crippen LogP contribution in [-0.4, -0.2) is 71.0 Å². The predicted octanol–water partition coefficient (Wildman–Crippen LogP) is -2.17. The van der Waals surface area contributed by atoms with Gasteiger partial charge in [-0.1, -0.05) is 6.92 Å². The third-order valence-corrected chi connectivity index (χ3v) is 4.57. The van der Waals surface area contributed by atoms with Crippen molar-refractivity contribution in [2.45, 2.75) is 37.9 Å². The fourth-order valence-corrected chi connectivity index (χ4v) is 3.66. The van der Waals surface area contributed by atoms with Gasteiger partial charge in [0.1, 0.15) is 12.1 Å². The van der Waals surface area contributed by atoms with Crippen molar-refractivity contribution in [1.29, 1.82) is 0 Å². The Hall–Kier alpha value is -0.270. The van der Waals surface area contributed by atoms with Crippen LogP contribution in [0.3, 0.4) is 0 Å². The van der Waals surface area contributed by atoms with Crippen molar-refractivity contribution in [3.63, 3.8) is 0 Å². The highest BCUT2D eigenvalue weighted by Gasteiger charge is 2.48. The van der Waals surface area contributed by atoms with Crippen molar-refractivity contribution in [2.24, 2.45) is 5.92 Å². The summed E-state index contributed by atoms with van der Waals surface area (Å²) in [5.74, 6) is -1.00. The number of aliphatic hydroxyl groups excluding tert-OH is 1. The van der Waals surface area contributed by atoms with E-state index in [-0.39, 0.29) is 6.42 Å². The van der Waals surface area contributed by atoms with Crippen molar-refractivity contribution in [2.75, 3.05) is 6.61 Å². The predicted molar refractivity (Wildman–Crippen MR) is 76.3 cm³/mol. The van der Waals surface area contributed by atoms with E-state index in [4.69, 9.17) is 18.4 Å². The van der Waals surface area contributed by atoms with Crippen LogP contribution in [0.25, 0.3) is 0 Å². The van der Waals surface area contributed by atoms with E-state index < -0.39 is 69.1 Å². The zero-order valence-corrected chi connectivity index (χ0v) is 14.5. The zero-order valence-electron chi connectivity index (χ0n) is 12.1. The van der Waals surface area contributed by atoms with Gasteiger partial charge in [0.15, 0.2) is 6.29 Å². The van der Waals surface area contributed by atoms with Crippen LogP contribution in [0.2, 0.25) is 0 Å². The van der Waals surface area contributed by atoms with Gasteiger partial charge >= 0.3 is 20.8 Å². The molecule has 0 bridgehead atoms. The van der Waals surface area contributed by atoms with Gasteiger partial charge in [0, 0.05) is 5.92 Å². The summed E-state index contributed by atoms with van der Waals surface area (Å²) in [4.78, 5) is 0. The third kappa shape index (κ3) is 6.92. The molecule has 6 atom stereocenters. The molecule has 1 fully saturated rings. The molecule has 0 aromatic heterocycles. The minimum absolute atomic E-state index is 0.0721. The van der Waals surface area contributed by atoms with Crippen LogP contribution >= 0.6 is 0 Å². The maximum absolute atomic E-state index is 11.0. The first-order chi connectivity index (χ1) is 10.8. The lowest BCUT2D eigenvalue weighted by molar-refractivity contribution is -0.229. The van der Waals surface area contributed by atoms with Crippen LogP contribution in [0, 0.1) is 5.92 Å². The highest BCUT2D eigenvalue weighted by molar-refractivity contribution is 7.81. The fourth-order valence-electron chi connectivity index (χ4n) is 2.33. The van der Waals surface area contributed by atoms with Gasteiger partial charge in [-0.2, -0.15) is 16.8 Å². The Morgan fingerprint density at radius 2 is 1.79 bits per heavy atom. The number of nitrogens with one attached hydrogen (secondary N) is 1. The molecule has 13 nitrogen and oxygen atoms in total. The van der Waals surface area contributed by atoms with E-state index in [0.29, 0.717) is 0 Å². The maximum Gasteiger partial charge on any atom is 0.397 e. The minimum atomic E-state index is -5.02. The lowest BCUT2D eigenvalue weighted by atomic mass is 9.86. The van der Waals surface area contributed by atoms with Gasteiger partial charge in [-0.05, 0) is 6.42 Å². The summed E-state index contributed by atoms with van der Waals surface area (Å²) in [5, 5.41) is 9.84.